The van der Waals surface area contributed by atoms with E-state index in [-0.39, 0.29) is 18.0 Å². The Morgan fingerprint density at radius 1 is 0.338 bits per heavy atom. The largest absolute Gasteiger partial charge is 0.456 e. The third-order valence-electron chi connectivity index (χ3n) is 15.2. The number of para-hydroxylation sites is 4. The molecule has 10 aromatic rings. The van der Waals surface area contributed by atoms with Gasteiger partial charge in [-0.1, -0.05) is 170 Å². The summed E-state index contributed by atoms with van der Waals surface area (Å²) >= 11 is 0. The predicted molar refractivity (Wildman–Crippen MR) is 324 cm³/mol. The minimum Gasteiger partial charge on any atom is -0.456 e. The van der Waals surface area contributed by atoms with Gasteiger partial charge in [0, 0.05) is 73.6 Å². The third-order valence-corrected chi connectivity index (χ3v) is 15.2. The fourth-order valence-electron chi connectivity index (χ4n) is 11.4. The van der Waals surface area contributed by atoms with E-state index < -0.39 is 0 Å². The van der Waals surface area contributed by atoms with Crippen molar-refractivity contribution in [1.82, 2.24) is 0 Å². The van der Waals surface area contributed by atoms with E-state index in [1.165, 1.54) is 22.6 Å². The van der Waals surface area contributed by atoms with E-state index in [4.69, 9.17) is 4.42 Å². The van der Waals surface area contributed by atoms with E-state index in [2.05, 4.69) is 317 Å². The predicted octanol–water partition coefficient (Wildman–Crippen LogP) is 19.5. The zero-order valence-corrected chi connectivity index (χ0v) is 42.8. The lowest BCUT2D eigenvalue weighted by Gasteiger charge is -2.35. The van der Waals surface area contributed by atoms with Gasteiger partial charge in [0.25, 0.3) is 0 Å². The quantitative estimate of drug-likeness (QED) is 0.108. The first-order valence-corrected chi connectivity index (χ1v) is 26.9. The number of benzene rings is 9. The summed E-state index contributed by atoms with van der Waals surface area (Å²) in [6.07, 6.45) is 27.8. The number of allylic oxidation sites excluding steroid dienone is 7. The molecule has 5 heteroatoms. The molecule has 372 valence electrons. The van der Waals surface area contributed by atoms with Crippen LogP contribution in [0, 0.1) is 0 Å². The van der Waals surface area contributed by atoms with E-state index in [9.17, 15) is 0 Å². The molecule has 3 aliphatic carbocycles. The van der Waals surface area contributed by atoms with Crippen molar-refractivity contribution >= 4 is 73.1 Å². The normalized spacial score (nSPS) is 16.6. The monoisotopic (exact) mass is 994 g/mol. The second kappa shape index (κ2) is 21.3. The Labute approximate surface area is 451 Å². The molecule has 9 aromatic carbocycles. The molecule has 1 aromatic heterocycles. The molecule has 3 aliphatic rings. The topological polar surface area (TPSA) is 26.1 Å². The molecule has 3 unspecified atom stereocenters. The Kier molecular flexibility index (Phi) is 13.1. The third kappa shape index (κ3) is 9.72. The Balaban J connectivity index is 0.784. The summed E-state index contributed by atoms with van der Waals surface area (Å²) < 4.78 is 6.60. The van der Waals surface area contributed by atoms with Gasteiger partial charge in [-0.3, -0.25) is 0 Å². The highest BCUT2D eigenvalue weighted by Gasteiger charge is 2.25. The Morgan fingerprint density at radius 3 is 1.23 bits per heavy atom. The van der Waals surface area contributed by atoms with Crippen LogP contribution in [-0.2, 0) is 0 Å². The molecule has 1 heterocycles. The second-order valence-corrected chi connectivity index (χ2v) is 20.0. The average Bonchev–Trinajstić information content (AvgIpc) is 3.88. The van der Waals surface area contributed by atoms with Crippen LogP contribution < -0.4 is 19.6 Å². The van der Waals surface area contributed by atoms with Crippen LogP contribution in [0.3, 0.4) is 0 Å². The number of anilines is 9. The highest BCUT2D eigenvalue weighted by molar-refractivity contribution is 6.08. The fraction of sp³-hybridized carbons (Fsp3) is 0.0833. The second-order valence-electron chi connectivity index (χ2n) is 20.0. The maximum Gasteiger partial charge on any atom is 0.135 e. The van der Waals surface area contributed by atoms with Crippen molar-refractivity contribution < 1.29 is 4.42 Å². The lowest BCUT2D eigenvalue weighted by Crippen LogP contribution is -2.33. The average molecular weight is 995 g/mol. The summed E-state index contributed by atoms with van der Waals surface area (Å²) in [6, 6.07) is 83.2. The molecule has 0 amide bonds. The van der Waals surface area contributed by atoms with Crippen molar-refractivity contribution in [3.63, 3.8) is 0 Å². The standard InChI is InChI=1S/C72H58N4O/c1-7-19-57(20-8-1)73(58-21-9-2-10-22-58)63-39-31-53(32-40-63)55-35-43-65(44-36-55)75(61-27-15-5-16-28-61)67-47-49-71-69(51-67)70-52-68(48-50-72(70)77-71)76(62-29-17-6-18-30-62)66-45-37-56(38-46-66)54-33-41-64(42-34-54)74(59-23-11-3-12-24-59)60-25-13-4-14-26-60/h1-25,27-29,31-37,39-52,56,60,62H,26,30,38H2. The van der Waals surface area contributed by atoms with Crippen molar-refractivity contribution in [2.45, 2.75) is 37.3 Å². The van der Waals surface area contributed by atoms with Gasteiger partial charge in [-0.25, -0.2) is 0 Å². The number of nitrogens with zero attached hydrogens (tertiary/aromatic N) is 4. The highest BCUT2D eigenvalue weighted by Crippen LogP contribution is 2.43. The molecule has 0 N–H and O–H groups in total. The summed E-state index contributed by atoms with van der Waals surface area (Å²) in [6.45, 7) is 0. The van der Waals surface area contributed by atoms with Crippen LogP contribution in [-0.4, -0.2) is 12.1 Å². The molecular weight excluding hydrogens is 937 g/mol. The van der Waals surface area contributed by atoms with Crippen molar-refractivity contribution in [2.24, 2.45) is 0 Å². The molecule has 0 aliphatic heterocycles. The SMILES string of the molecule is C1=CCC(N(C2=CCC(c3ccc(N(c4ccccc4)C4C=CC=CC4)cc3)C=C2)c2ccc3oc4ccc(N(c5ccccc5)c5ccc(-c6ccc(N(c7ccccc7)c7ccccc7)cc6)cc5)cc4c3c2)C=C1. The first kappa shape index (κ1) is 47.2. The fourth-order valence-corrected chi connectivity index (χ4v) is 11.4. The van der Waals surface area contributed by atoms with Crippen LogP contribution in [0.25, 0.3) is 33.1 Å². The van der Waals surface area contributed by atoms with Gasteiger partial charge < -0.3 is 24.0 Å². The van der Waals surface area contributed by atoms with Crippen LogP contribution in [0.5, 0.6) is 0 Å². The summed E-state index contributed by atoms with van der Waals surface area (Å²) in [5, 5.41) is 2.17. The Bertz CT molecular complexity index is 3800. The summed E-state index contributed by atoms with van der Waals surface area (Å²) in [7, 11) is 0. The van der Waals surface area contributed by atoms with Gasteiger partial charge in [0.05, 0.1) is 12.1 Å². The van der Waals surface area contributed by atoms with Gasteiger partial charge in [-0.2, -0.15) is 0 Å². The first-order valence-electron chi connectivity index (χ1n) is 26.9. The van der Waals surface area contributed by atoms with Crippen molar-refractivity contribution in [1.29, 1.82) is 0 Å². The van der Waals surface area contributed by atoms with Crippen LogP contribution in [0.2, 0.25) is 0 Å². The molecule has 0 saturated carbocycles. The molecule has 13 rings (SSSR count). The Hall–Kier alpha value is -9.58. The zero-order valence-electron chi connectivity index (χ0n) is 42.8. The highest BCUT2D eigenvalue weighted by atomic mass is 16.3. The van der Waals surface area contributed by atoms with Gasteiger partial charge in [0.2, 0.25) is 0 Å². The molecule has 0 spiro atoms. The number of hydrogen-bond acceptors (Lipinski definition) is 5. The van der Waals surface area contributed by atoms with Crippen LogP contribution in [0.15, 0.2) is 307 Å². The number of fused-ring (bicyclic) bond motifs is 3. The molecular formula is C72H58N4O. The van der Waals surface area contributed by atoms with E-state index in [0.717, 1.165) is 92.1 Å². The van der Waals surface area contributed by atoms with E-state index in [1.807, 2.05) is 0 Å². The van der Waals surface area contributed by atoms with Crippen LogP contribution in [0.4, 0.5) is 51.2 Å². The van der Waals surface area contributed by atoms with Gasteiger partial charge >= 0.3 is 0 Å². The number of rotatable bonds is 14. The van der Waals surface area contributed by atoms with Crippen LogP contribution >= 0.6 is 0 Å². The maximum absolute atomic E-state index is 6.60. The lowest BCUT2D eigenvalue weighted by molar-refractivity contribution is 0.668. The Morgan fingerprint density at radius 2 is 0.753 bits per heavy atom. The van der Waals surface area contributed by atoms with Gasteiger partial charge in [0.15, 0.2) is 0 Å². The lowest BCUT2D eigenvalue weighted by atomic mass is 9.90. The molecule has 0 radical (unpaired) electrons. The molecule has 77 heavy (non-hydrogen) atoms. The molecule has 0 bridgehead atoms. The summed E-state index contributed by atoms with van der Waals surface area (Å²) in [5.74, 6) is 0.282. The number of hydrogen-bond donors (Lipinski definition) is 0. The zero-order chi connectivity index (χ0) is 51.3. The maximum atomic E-state index is 6.60. The number of furan rings is 1. The summed E-state index contributed by atoms with van der Waals surface area (Å²) in [5.41, 5.74) is 16.7. The molecule has 5 nitrogen and oxygen atoms in total. The van der Waals surface area contributed by atoms with Gasteiger partial charge in [-0.15, -0.1) is 0 Å². The first-order chi connectivity index (χ1) is 38.2. The van der Waals surface area contributed by atoms with E-state index in [0.29, 0.717) is 0 Å². The van der Waals surface area contributed by atoms with Crippen LogP contribution in [0.1, 0.15) is 30.7 Å². The van der Waals surface area contributed by atoms with Crippen molar-refractivity contribution in [3.8, 4) is 11.1 Å². The van der Waals surface area contributed by atoms with Gasteiger partial charge in [-0.05, 0) is 163 Å². The minimum absolute atomic E-state index is 0.165. The van der Waals surface area contributed by atoms with E-state index >= 15 is 0 Å². The smallest absolute Gasteiger partial charge is 0.135 e. The summed E-state index contributed by atoms with van der Waals surface area (Å²) in [4.78, 5) is 9.60. The van der Waals surface area contributed by atoms with Crippen molar-refractivity contribution in [3.05, 3.63) is 309 Å². The van der Waals surface area contributed by atoms with Gasteiger partial charge in [0.1, 0.15) is 11.2 Å². The minimum atomic E-state index is 0.165. The molecule has 0 fully saturated rings. The van der Waals surface area contributed by atoms with Crippen molar-refractivity contribution in [2.75, 3.05) is 19.6 Å². The molecule has 0 saturated heterocycles. The van der Waals surface area contributed by atoms with E-state index in [1.54, 1.807) is 0 Å². The molecule has 3 atom stereocenters.